The summed E-state index contributed by atoms with van der Waals surface area (Å²) in [6, 6.07) is 8.51. The van der Waals surface area contributed by atoms with E-state index < -0.39 is 10.0 Å². The third kappa shape index (κ3) is 1.58. The SMILES string of the molecule is O=S(=O)(c1ccccc1)N1CC=CC1. The maximum Gasteiger partial charge on any atom is 0.243 e. The molecule has 1 aromatic carbocycles. The Bertz CT molecular complexity index is 428. The normalized spacial score (nSPS) is 17.4. The summed E-state index contributed by atoms with van der Waals surface area (Å²) in [6.07, 6.45) is 3.72. The van der Waals surface area contributed by atoms with E-state index in [1.807, 2.05) is 12.2 Å². The molecular formula is C10H11NO2S. The van der Waals surface area contributed by atoms with Crippen molar-refractivity contribution in [3.05, 3.63) is 42.5 Å². The fourth-order valence-corrected chi connectivity index (χ4v) is 2.76. The Morgan fingerprint density at radius 2 is 1.57 bits per heavy atom. The van der Waals surface area contributed by atoms with Crippen LogP contribution in [0, 0.1) is 0 Å². The van der Waals surface area contributed by atoms with Gasteiger partial charge >= 0.3 is 0 Å². The van der Waals surface area contributed by atoms with Gasteiger partial charge in [0.1, 0.15) is 0 Å². The lowest BCUT2D eigenvalue weighted by atomic mass is 10.4. The van der Waals surface area contributed by atoms with Crippen LogP contribution in [0.1, 0.15) is 0 Å². The Labute approximate surface area is 83.7 Å². The van der Waals surface area contributed by atoms with Crippen LogP contribution < -0.4 is 0 Å². The van der Waals surface area contributed by atoms with Crippen LogP contribution in [0.15, 0.2) is 47.4 Å². The number of sulfonamides is 1. The van der Waals surface area contributed by atoms with Crippen molar-refractivity contribution in [1.82, 2.24) is 4.31 Å². The van der Waals surface area contributed by atoms with E-state index in [1.54, 1.807) is 30.3 Å². The van der Waals surface area contributed by atoms with Crippen LogP contribution in [0.25, 0.3) is 0 Å². The maximum atomic E-state index is 11.9. The molecule has 2 rings (SSSR count). The molecule has 0 bridgehead atoms. The molecular weight excluding hydrogens is 198 g/mol. The van der Waals surface area contributed by atoms with Gasteiger partial charge in [-0.15, -0.1) is 0 Å². The summed E-state index contributed by atoms with van der Waals surface area (Å²) >= 11 is 0. The van der Waals surface area contributed by atoms with Crippen molar-refractivity contribution in [2.24, 2.45) is 0 Å². The lowest BCUT2D eigenvalue weighted by molar-refractivity contribution is 0.488. The zero-order chi connectivity index (χ0) is 10.0. The molecule has 14 heavy (non-hydrogen) atoms. The minimum atomic E-state index is -3.27. The van der Waals surface area contributed by atoms with Gasteiger partial charge in [-0.05, 0) is 12.1 Å². The number of rotatable bonds is 2. The first-order valence-electron chi connectivity index (χ1n) is 4.41. The Kier molecular flexibility index (Phi) is 2.39. The van der Waals surface area contributed by atoms with E-state index in [0.717, 1.165) is 0 Å². The highest BCUT2D eigenvalue weighted by atomic mass is 32.2. The first-order valence-corrected chi connectivity index (χ1v) is 5.85. The topological polar surface area (TPSA) is 37.4 Å². The summed E-state index contributed by atoms with van der Waals surface area (Å²) in [6.45, 7) is 0.967. The van der Waals surface area contributed by atoms with E-state index in [4.69, 9.17) is 0 Å². The first kappa shape index (κ1) is 9.43. The fourth-order valence-electron chi connectivity index (χ4n) is 1.40. The number of hydrogen-bond acceptors (Lipinski definition) is 2. The Balaban J connectivity index is 2.34. The first-order chi connectivity index (χ1) is 6.71. The van der Waals surface area contributed by atoms with Gasteiger partial charge in [-0.3, -0.25) is 0 Å². The van der Waals surface area contributed by atoms with Gasteiger partial charge in [0.15, 0.2) is 0 Å². The van der Waals surface area contributed by atoms with Crippen LogP contribution in [-0.4, -0.2) is 25.8 Å². The molecule has 0 atom stereocenters. The average Bonchev–Trinajstić information content (AvgIpc) is 2.72. The van der Waals surface area contributed by atoms with Crippen molar-refractivity contribution < 1.29 is 8.42 Å². The Morgan fingerprint density at radius 3 is 2.14 bits per heavy atom. The predicted molar refractivity (Wildman–Crippen MR) is 54.3 cm³/mol. The van der Waals surface area contributed by atoms with Crippen molar-refractivity contribution in [3.63, 3.8) is 0 Å². The fraction of sp³-hybridized carbons (Fsp3) is 0.200. The molecule has 0 unspecified atom stereocenters. The molecule has 0 N–H and O–H groups in total. The molecule has 4 heteroatoms. The summed E-state index contributed by atoms with van der Waals surface area (Å²) in [5, 5.41) is 0. The van der Waals surface area contributed by atoms with Gasteiger partial charge in [0.25, 0.3) is 0 Å². The molecule has 0 saturated carbocycles. The highest BCUT2D eigenvalue weighted by Gasteiger charge is 2.23. The van der Waals surface area contributed by atoms with Crippen LogP contribution in [0.5, 0.6) is 0 Å². The molecule has 1 aliphatic rings. The van der Waals surface area contributed by atoms with Gasteiger partial charge in [0.05, 0.1) is 4.90 Å². The zero-order valence-corrected chi connectivity index (χ0v) is 8.44. The highest BCUT2D eigenvalue weighted by molar-refractivity contribution is 7.89. The second-order valence-electron chi connectivity index (χ2n) is 3.11. The van der Waals surface area contributed by atoms with E-state index in [1.165, 1.54) is 4.31 Å². The lowest BCUT2D eigenvalue weighted by Gasteiger charge is -2.14. The Hall–Kier alpha value is -1.13. The minimum Gasteiger partial charge on any atom is -0.207 e. The molecule has 0 aromatic heterocycles. The standard InChI is InChI=1S/C10H11NO2S/c12-14(13,11-8-4-5-9-11)10-6-2-1-3-7-10/h1-7H,8-9H2. The predicted octanol–water partition coefficient (Wildman–Crippen LogP) is 1.25. The van der Waals surface area contributed by atoms with Crippen molar-refractivity contribution in [1.29, 1.82) is 0 Å². The lowest BCUT2D eigenvalue weighted by Crippen LogP contribution is -2.28. The van der Waals surface area contributed by atoms with Crippen LogP contribution >= 0.6 is 0 Å². The van der Waals surface area contributed by atoms with Crippen molar-refractivity contribution in [3.8, 4) is 0 Å². The quantitative estimate of drug-likeness (QED) is 0.687. The molecule has 0 amide bonds. The third-order valence-corrected chi connectivity index (χ3v) is 4.01. The molecule has 0 spiro atoms. The van der Waals surface area contributed by atoms with Gasteiger partial charge < -0.3 is 0 Å². The molecule has 74 valence electrons. The average molecular weight is 209 g/mol. The van der Waals surface area contributed by atoms with Crippen molar-refractivity contribution in [2.75, 3.05) is 13.1 Å². The van der Waals surface area contributed by atoms with Crippen LogP contribution in [-0.2, 0) is 10.0 Å². The molecule has 0 aliphatic carbocycles. The molecule has 0 fully saturated rings. The molecule has 0 radical (unpaired) electrons. The Morgan fingerprint density at radius 1 is 1.00 bits per heavy atom. The summed E-state index contributed by atoms with van der Waals surface area (Å²) < 4.78 is 25.3. The van der Waals surface area contributed by atoms with Gasteiger partial charge in [-0.2, -0.15) is 4.31 Å². The van der Waals surface area contributed by atoms with Crippen molar-refractivity contribution >= 4 is 10.0 Å². The van der Waals surface area contributed by atoms with Crippen LogP contribution in [0.3, 0.4) is 0 Å². The molecule has 1 aliphatic heterocycles. The summed E-state index contributed by atoms with van der Waals surface area (Å²) in [7, 11) is -3.27. The summed E-state index contributed by atoms with van der Waals surface area (Å²) in [4.78, 5) is 0.365. The van der Waals surface area contributed by atoms with Gasteiger partial charge in [-0.25, -0.2) is 8.42 Å². The largest absolute Gasteiger partial charge is 0.243 e. The summed E-state index contributed by atoms with van der Waals surface area (Å²) in [5.41, 5.74) is 0. The minimum absolute atomic E-state index is 0.365. The van der Waals surface area contributed by atoms with Crippen LogP contribution in [0.2, 0.25) is 0 Å². The molecule has 1 heterocycles. The number of nitrogens with zero attached hydrogens (tertiary/aromatic N) is 1. The van der Waals surface area contributed by atoms with E-state index in [2.05, 4.69) is 0 Å². The second kappa shape index (κ2) is 3.55. The smallest absolute Gasteiger partial charge is 0.207 e. The van der Waals surface area contributed by atoms with Gasteiger partial charge in [0, 0.05) is 13.1 Å². The van der Waals surface area contributed by atoms with E-state index in [9.17, 15) is 8.42 Å². The molecule has 1 aromatic rings. The summed E-state index contributed by atoms with van der Waals surface area (Å²) in [5.74, 6) is 0. The maximum absolute atomic E-state index is 11.9. The zero-order valence-electron chi connectivity index (χ0n) is 7.63. The van der Waals surface area contributed by atoms with Gasteiger partial charge in [0.2, 0.25) is 10.0 Å². The molecule has 3 nitrogen and oxygen atoms in total. The second-order valence-corrected chi connectivity index (χ2v) is 5.04. The van der Waals surface area contributed by atoms with Crippen molar-refractivity contribution in [2.45, 2.75) is 4.90 Å². The van der Waals surface area contributed by atoms with E-state index in [0.29, 0.717) is 18.0 Å². The van der Waals surface area contributed by atoms with Gasteiger partial charge in [-0.1, -0.05) is 30.4 Å². The number of hydrogen-bond donors (Lipinski definition) is 0. The van der Waals surface area contributed by atoms with Crippen LogP contribution in [0.4, 0.5) is 0 Å². The monoisotopic (exact) mass is 209 g/mol. The number of benzene rings is 1. The third-order valence-electron chi connectivity index (χ3n) is 2.17. The molecule has 0 saturated heterocycles. The highest BCUT2D eigenvalue weighted by Crippen LogP contribution is 2.16. The van der Waals surface area contributed by atoms with E-state index >= 15 is 0 Å². The van der Waals surface area contributed by atoms with E-state index in [-0.39, 0.29) is 0 Å².